The Balaban J connectivity index is 1.97. The maximum atomic E-state index is 12.1. The Morgan fingerprint density at radius 1 is 1.40 bits per heavy atom. The van der Waals surface area contributed by atoms with Gasteiger partial charge >= 0.3 is 0 Å². The molecular weight excluding hydrogens is 256 g/mol. The third-order valence-corrected chi connectivity index (χ3v) is 3.88. The van der Waals surface area contributed by atoms with Crippen LogP contribution >= 0.6 is 15.9 Å². The highest BCUT2D eigenvalue weighted by atomic mass is 79.9. The van der Waals surface area contributed by atoms with Gasteiger partial charge in [-0.1, -0.05) is 22.0 Å². The van der Waals surface area contributed by atoms with Crippen LogP contribution in [0.3, 0.4) is 0 Å². The molecule has 2 aliphatic heterocycles. The van der Waals surface area contributed by atoms with E-state index < -0.39 is 0 Å². The molecule has 1 fully saturated rings. The van der Waals surface area contributed by atoms with Crippen molar-refractivity contribution in [2.24, 2.45) is 0 Å². The molecule has 0 atom stereocenters. The van der Waals surface area contributed by atoms with E-state index in [1.807, 2.05) is 23.1 Å². The zero-order valence-corrected chi connectivity index (χ0v) is 9.75. The highest BCUT2D eigenvalue weighted by Gasteiger charge is 2.35. The third kappa shape index (κ3) is 1.32. The number of carbonyl (C=O) groups excluding carboxylic acids is 1. The first-order valence-electron chi connectivity index (χ1n) is 5.06. The first-order valence-corrected chi connectivity index (χ1v) is 5.86. The number of fused-ring (bicyclic) bond motifs is 1. The fourth-order valence-corrected chi connectivity index (χ4v) is 2.60. The van der Waals surface area contributed by atoms with Crippen LogP contribution in [-0.2, 0) is 6.54 Å². The van der Waals surface area contributed by atoms with Gasteiger partial charge in [0.15, 0.2) is 0 Å². The minimum atomic E-state index is 0.179. The van der Waals surface area contributed by atoms with Crippen LogP contribution in [0.25, 0.3) is 0 Å². The summed E-state index contributed by atoms with van der Waals surface area (Å²) in [5, 5.41) is 3.19. The van der Waals surface area contributed by atoms with Crippen LogP contribution in [0, 0.1) is 0 Å². The molecule has 0 aliphatic carbocycles. The number of halogens is 1. The van der Waals surface area contributed by atoms with Crippen LogP contribution in [0.5, 0.6) is 0 Å². The van der Waals surface area contributed by atoms with E-state index >= 15 is 0 Å². The molecule has 1 amide bonds. The summed E-state index contributed by atoms with van der Waals surface area (Å²) in [5.74, 6) is 0.179. The zero-order valence-electron chi connectivity index (χ0n) is 8.16. The minimum absolute atomic E-state index is 0.179. The SMILES string of the molecule is O=C1c2cccc(Br)c2CN1C1CNC1. The summed E-state index contributed by atoms with van der Waals surface area (Å²) >= 11 is 3.50. The molecule has 78 valence electrons. The lowest BCUT2D eigenvalue weighted by Crippen LogP contribution is -2.57. The second-order valence-electron chi connectivity index (χ2n) is 4.01. The standard InChI is InChI=1S/C11H11BrN2O/c12-10-3-1-2-8-9(10)6-14(11(8)15)7-4-13-5-7/h1-3,7,13H,4-6H2. The summed E-state index contributed by atoms with van der Waals surface area (Å²) in [6, 6.07) is 6.21. The van der Waals surface area contributed by atoms with E-state index in [0.29, 0.717) is 6.04 Å². The van der Waals surface area contributed by atoms with Crippen molar-refractivity contribution >= 4 is 21.8 Å². The Kier molecular flexibility index (Phi) is 2.07. The topological polar surface area (TPSA) is 32.3 Å². The summed E-state index contributed by atoms with van der Waals surface area (Å²) in [6.07, 6.45) is 0. The van der Waals surface area contributed by atoms with Crippen LogP contribution in [0.4, 0.5) is 0 Å². The Bertz CT molecular complexity index is 429. The quantitative estimate of drug-likeness (QED) is 0.833. The highest BCUT2D eigenvalue weighted by Crippen LogP contribution is 2.30. The molecule has 3 rings (SSSR count). The molecule has 0 aromatic heterocycles. The summed E-state index contributed by atoms with van der Waals surface area (Å²) in [6.45, 7) is 2.61. The number of hydrogen-bond donors (Lipinski definition) is 1. The number of hydrogen-bond acceptors (Lipinski definition) is 2. The van der Waals surface area contributed by atoms with Crippen molar-refractivity contribution in [3.63, 3.8) is 0 Å². The Labute approximate surface area is 96.6 Å². The van der Waals surface area contributed by atoms with Crippen molar-refractivity contribution < 1.29 is 4.79 Å². The maximum absolute atomic E-state index is 12.1. The first kappa shape index (κ1) is 9.36. The van der Waals surface area contributed by atoms with Gasteiger partial charge in [0.2, 0.25) is 0 Å². The van der Waals surface area contributed by atoms with Gasteiger partial charge in [-0.25, -0.2) is 0 Å². The monoisotopic (exact) mass is 266 g/mol. The van der Waals surface area contributed by atoms with E-state index in [4.69, 9.17) is 0 Å². The fraction of sp³-hybridized carbons (Fsp3) is 0.364. The summed E-state index contributed by atoms with van der Waals surface area (Å²) in [5.41, 5.74) is 1.99. The first-order chi connectivity index (χ1) is 7.27. The molecule has 0 radical (unpaired) electrons. The van der Waals surface area contributed by atoms with Gasteiger partial charge in [0.1, 0.15) is 0 Å². The van der Waals surface area contributed by atoms with E-state index in [9.17, 15) is 4.79 Å². The van der Waals surface area contributed by atoms with Crippen molar-refractivity contribution in [3.8, 4) is 0 Å². The summed E-state index contributed by atoms with van der Waals surface area (Å²) < 4.78 is 1.04. The number of amides is 1. The Morgan fingerprint density at radius 3 is 2.80 bits per heavy atom. The van der Waals surface area contributed by atoms with Gasteiger partial charge in [-0.05, 0) is 17.7 Å². The number of carbonyl (C=O) groups is 1. The molecule has 1 saturated heterocycles. The second kappa shape index (κ2) is 3.32. The van der Waals surface area contributed by atoms with E-state index in [-0.39, 0.29) is 5.91 Å². The lowest BCUT2D eigenvalue weighted by molar-refractivity contribution is 0.0641. The molecule has 0 bridgehead atoms. The summed E-state index contributed by atoms with van der Waals surface area (Å²) in [7, 11) is 0. The smallest absolute Gasteiger partial charge is 0.254 e. The lowest BCUT2D eigenvalue weighted by Gasteiger charge is -2.35. The van der Waals surface area contributed by atoms with Gasteiger partial charge in [0.25, 0.3) is 5.91 Å². The molecule has 0 unspecified atom stereocenters. The predicted molar refractivity (Wildman–Crippen MR) is 60.7 cm³/mol. The van der Waals surface area contributed by atoms with Gasteiger partial charge < -0.3 is 10.2 Å². The number of nitrogens with one attached hydrogen (secondary N) is 1. The molecule has 15 heavy (non-hydrogen) atoms. The average Bonchev–Trinajstić information content (AvgIpc) is 2.45. The van der Waals surface area contributed by atoms with Crippen LogP contribution in [0.2, 0.25) is 0 Å². The number of benzene rings is 1. The third-order valence-electron chi connectivity index (χ3n) is 3.14. The number of nitrogens with zero attached hydrogens (tertiary/aromatic N) is 1. The predicted octanol–water partition coefficient (Wildman–Crippen LogP) is 1.38. The van der Waals surface area contributed by atoms with Crippen molar-refractivity contribution in [2.45, 2.75) is 12.6 Å². The van der Waals surface area contributed by atoms with Crippen molar-refractivity contribution in [1.29, 1.82) is 0 Å². The molecule has 2 aliphatic rings. The van der Waals surface area contributed by atoms with Crippen molar-refractivity contribution in [2.75, 3.05) is 13.1 Å². The van der Waals surface area contributed by atoms with Crippen LogP contribution in [-0.4, -0.2) is 29.9 Å². The van der Waals surface area contributed by atoms with Gasteiger partial charge in [0, 0.05) is 29.7 Å². The summed E-state index contributed by atoms with van der Waals surface area (Å²) in [4.78, 5) is 14.0. The molecule has 3 nitrogen and oxygen atoms in total. The van der Waals surface area contributed by atoms with Crippen LogP contribution in [0.15, 0.2) is 22.7 Å². The normalized spacial score (nSPS) is 20.3. The largest absolute Gasteiger partial charge is 0.329 e. The van der Waals surface area contributed by atoms with Gasteiger partial charge in [0.05, 0.1) is 6.04 Å². The fourth-order valence-electron chi connectivity index (χ4n) is 2.11. The van der Waals surface area contributed by atoms with Gasteiger partial charge in [-0.15, -0.1) is 0 Å². The second-order valence-corrected chi connectivity index (χ2v) is 4.87. The van der Waals surface area contributed by atoms with Gasteiger partial charge in [-0.3, -0.25) is 4.79 Å². The van der Waals surface area contributed by atoms with E-state index in [2.05, 4.69) is 21.2 Å². The van der Waals surface area contributed by atoms with Crippen LogP contribution in [0.1, 0.15) is 15.9 Å². The average molecular weight is 267 g/mol. The molecule has 1 aromatic rings. The molecule has 4 heteroatoms. The molecule has 1 aromatic carbocycles. The maximum Gasteiger partial charge on any atom is 0.254 e. The molecule has 1 N–H and O–H groups in total. The van der Waals surface area contributed by atoms with E-state index in [1.54, 1.807) is 0 Å². The van der Waals surface area contributed by atoms with Crippen molar-refractivity contribution in [1.82, 2.24) is 10.2 Å². The molecule has 2 heterocycles. The number of rotatable bonds is 1. The molecule has 0 saturated carbocycles. The Morgan fingerprint density at radius 2 is 2.20 bits per heavy atom. The Hall–Kier alpha value is -0.870. The minimum Gasteiger partial charge on any atom is -0.329 e. The molecular formula is C11H11BrN2O. The van der Waals surface area contributed by atoms with Crippen molar-refractivity contribution in [3.05, 3.63) is 33.8 Å². The van der Waals surface area contributed by atoms with E-state index in [0.717, 1.165) is 35.2 Å². The van der Waals surface area contributed by atoms with E-state index in [1.165, 1.54) is 0 Å². The molecule has 0 spiro atoms. The zero-order chi connectivity index (χ0) is 10.4. The van der Waals surface area contributed by atoms with Gasteiger partial charge in [-0.2, -0.15) is 0 Å². The van der Waals surface area contributed by atoms with Crippen LogP contribution < -0.4 is 5.32 Å². The highest BCUT2D eigenvalue weighted by molar-refractivity contribution is 9.10. The lowest BCUT2D eigenvalue weighted by atomic mass is 10.1.